The Labute approximate surface area is 106 Å². The second-order valence-electron chi connectivity index (χ2n) is 6.13. The summed E-state index contributed by atoms with van der Waals surface area (Å²) in [5.41, 5.74) is 0. The average molecular weight is 237 g/mol. The largest absolute Gasteiger partial charge is 0.358 e. The summed E-state index contributed by atoms with van der Waals surface area (Å²) < 4.78 is 0. The van der Waals surface area contributed by atoms with Crippen molar-refractivity contribution in [3.8, 4) is 0 Å². The molecule has 1 saturated carbocycles. The van der Waals surface area contributed by atoms with Gasteiger partial charge in [-0.25, -0.2) is 0 Å². The summed E-state index contributed by atoms with van der Waals surface area (Å²) in [5, 5.41) is 8.41. The van der Waals surface area contributed by atoms with Crippen LogP contribution in [0.4, 0.5) is 0 Å². The van der Waals surface area contributed by atoms with Gasteiger partial charge in [0.2, 0.25) is 0 Å². The Hall–Kier alpha value is -0.570. The lowest BCUT2D eigenvalue weighted by atomic mass is 9.88. The summed E-state index contributed by atoms with van der Waals surface area (Å²) in [6.07, 6.45) is 6.52. The molecule has 0 aromatic heterocycles. The molecule has 2 unspecified atom stereocenters. The third-order valence-corrected chi connectivity index (χ3v) is 4.57. The standard InChI is InChI=1S/C14H27N3/c1-11-9-17(10-13(11)16(2)3)14(15)12-7-5-4-6-8-12/h11-13,15H,4-10H2,1-3H3. The van der Waals surface area contributed by atoms with Crippen LogP contribution in [0.15, 0.2) is 0 Å². The Morgan fingerprint density at radius 2 is 1.76 bits per heavy atom. The zero-order valence-electron chi connectivity index (χ0n) is 11.6. The molecular formula is C14H27N3. The van der Waals surface area contributed by atoms with Crippen molar-refractivity contribution < 1.29 is 0 Å². The van der Waals surface area contributed by atoms with Crippen LogP contribution in [0.25, 0.3) is 0 Å². The number of hydrogen-bond acceptors (Lipinski definition) is 2. The Balaban J connectivity index is 1.92. The van der Waals surface area contributed by atoms with Crippen LogP contribution in [-0.4, -0.2) is 48.9 Å². The second-order valence-corrected chi connectivity index (χ2v) is 6.13. The molecule has 1 saturated heterocycles. The third-order valence-electron chi connectivity index (χ3n) is 4.57. The molecule has 2 rings (SSSR count). The Morgan fingerprint density at radius 3 is 2.29 bits per heavy atom. The number of hydrogen-bond donors (Lipinski definition) is 1. The van der Waals surface area contributed by atoms with Gasteiger partial charge in [0.05, 0.1) is 5.84 Å². The first-order valence-electron chi connectivity index (χ1n) is 7.09. The molecule has 3 nitrogen and oxygen atoms in total. The maximum atomic E-state index is 8.41. The Bertz CT molecular complexity index is 269. The Kier molecular flexibility index (Phi) is 4.08. The van der Waals surface area contributed by atoms with Crippen molar-refractivity contribution in [2.45, 2.75) is 45.1 Å². The van der Waals surface area contributed by atoms with E-state index < -0.39 is 0 Å². The lowest BCUT2D eigenvalue weighted by molar-refractivity contribution is 0.261. The molecule has 2 atom stereocenters. The highest BCUT2D eigenvalue weighted by molar-refractivity contribution is 5.82. The van der Waals surface area contributed by atoms with Gasteiger partial charge in [0.25, 0.3) is 0 Å². The van der Waals surface area contributed by atoms with Crippen molar-refractivity contribution in [1.82, 2.24) is 9.80 Å². The predicted molar refractivity (Wildman–Crippen MR) is 72.5 cm³/mol. The highest BCUT2D eigenvalue weighted by Gasteiger charge is 2.34. The molecule has 1 N–H and O–H groups in total. The smallest absolute Gasteiger partial charge is 0.0990 e. The lowest BCUT2D eigenvalue weighted by Crippen LogP contribution is -2.38. The van der Waals surface area contributed by atoms with Gasteiger partial charge in [-0.15, -0.1) is 0 Å². The maximum Gasteiger partial charge on any atom is 0.0990 e. The van der Waals surface area contributed by atoms with Gasteiger partial charge < -0.3 is 9.80 Å². The van der Waals surface area contributed by atoms with E-state index in [-0.39, 0.29) is 0 Å². The van der Waals surface area contributed by atoms with Crippen molar-refractivity contribution in [2.75, 3.05) is 27.2 Å². The molecular weight excluding hydrogens is 210 g/mol. The van der Waals surface area contributed by atoms with Crippen molar-refractivity contribution in [1.29, 1.82) is 5.41 Å². The zero-order chi connectivity index (χ0) is 12.4. The molecule has 1 aliphatic carbocycles. The molecule has 98 valence electrons. The van der Waals surface area contributed by atoms with Crippen LogP contribution in [0.2, 0.25) is 0 Å². The maximum absolute atomic E-state index is 8.41. The quantitative estimate of drug-likeness (QED) is 0.590. The van der Waals surface area contributed by atoms with E-state index in [9.17, 15) is 0 Å². The molecule has 1 heterocycles. The van der Waals surface area contributed by atoms with Crippen LogP contribution in [0, 0.1) is 17.2 Å². The zero-order valence-corrected chi connectivity index (χ0v) is 11.6. The number of likely N-dealkylation sites (N-methyl/N-ethyl adjacent to an activating group) is 1. The number of likely N-dealkylation sites (tertiary alicyclic amines) is 1. The fraction of sp³-hybridized carbons (Fsp3) is 0.929. The normalized spacial score (nSPS) is 31.2. The van der Waals surface area contributed by atoms with E-state index in [1.54, 1.807) is 0 Å². The number of nitrogens with zero attached hydrogens (tertiary/aromatic N) is 2. The van der Waals surface area contributed by atoms with Gasteiger partial charge >= 0.3 is 0 Å². The fourth-order valence-corrected chi connectivity index (χ4v) is 3.45. The van der Waals surface area contributed by atoms with Gasteiger partial charge in [-0.05, 0) is 32.9 Å². The lowest BCUT2D eigenvalue weighted by Gasteiger charge is -2.29. The van der Waals surface area contributed by atoms with Gasteiger partial charge in [-0.1, -0.05) is 26.2 Å². The van der Waals surface area contributed by atoms with E-state index in [4.69, 9.17) is 5.41 Å². The first-order chi connectivity index (χ1) is 8.09. The van der Waals surface area contributed by atoms with Crippen LogP contribution in [0.1, 0.15) is 39.0 Å². The molecule has 3 heteroatoms. The minimum Gasteiger partial charge on any atom is -0.358 e. The molecule has 0 spiro atoms. The fourth-order valence-electron chi connectivity index (χ4n) is 3.45. The van der Waals surface area contributed by atoms with E-state index in [2.05, 4.69) is 30.8 Å². The van der Waals surface area contributed by atoms with Crippen LogP contribution in [-0.2, 0) is 0 Å². The van der Waals surface area contributed by atoms with E-state index >= 15 is 0 Å². The molecule has 2 fully saturated rings. The van der Waals surface area contributed by atoms with Gasteiger partial charge in [-0.3, -0.25) is 5.41 Å². The topological polar surface area (TPSA) is 30.3 Å². The van der Waals surface area contributed by atoms with Crippen molar-refractivity contribution in [2.24, 2.45) is 11.8 Å². The van der Waals surface area contributed by atoms with Crippen LogP contribution in [0.5, 0.6) is 0 Å². The number of amidine groups is 1. The summed E-state index contributed by atoms with van der Waals surface area (Å²) in [4.78, 5) is 4.66. The Morgan fingerprint density at radius 1 is 1.12 bits per heavy atom. The summed E-state index contributed by atoms with van der Waals surface area (Å²) in [6.45, 7) is 4.46. The molecule has 0 aromatic carbocycles. The number of rotatable bonds is 2. The van der Waals surface area contributed by atoms with E-state index in [1.165, 1.54) is 32.1 Å². The average Bonchev–Trinajstić information content (AvgIpc) is 2.71. The SMILES string of the molecule is CC1CN(C(=N)C2CCCCC2)CC1N(C)C. The molecule has 17 heavy (non-hydrogen) atoms. The van der Waals surface area contributed by atoms with Crippen LogP contribution in [0.3, 0.4) is 0 Å². The summed E-state index contributed by atoms with van der Waals surface area (Å²) in [6, 6.07) is 0.624. The molecule has 2 aliphatic rings. The molecule has 1 aliphatic heterocycles. The van der Waals surface area contributed by atoms with Crippen molar-refractivity contribution in [3.63, 3.8) is 0 Å². The van der Waals surface area contributed by atoms with Gasteiger partial charge in [0.15, 0.2) is 0 Å². The van der Waals surface area contributed by atoms with Crippen LogP contribution < -0.4 is 0 Å². The van der Waals surface area contributed by atoms with Crippen molar-refractivity contribution in [3.05, 3.63) is 0 Å². The summed E-state index contributed by atoms with van der Waals surface area (Å²) in [7, 11) is 4.32. The van der Waals surface area contributed by atoms with Gasteiger partial charge in [0, 0.05) is 25.0 Å². The van der Waals surface area contributed by atoms with E-state index in [0.29, 0.717) is 17.9 Å². The number of nitrogens with one attached hydrogen (secondary N) is 1. The highest BCUT2D eigenvalue weighted by atomic mass is 15.3. The highest BCUT2D eigenvalue weighted by Crippen LogP contribution is 2.28. The van der Waals surface area contributed by atoms with E-state index in [0.717, 1.165) is 18.9 Å². The monoisotopic (exact) mass is 237 g/mol. The summed E-state index contributed by atoms with van der Waals surface area (Å²) in [5.74, 6) is 2.17. The van der Waals surface area contributed by atoms with Crippen molar-refractivity contribution >= 4 is 5.84 Å². The minimum atomic E-state index is 0.553. The van der Waals surface area contributed by atoms with Gasteiger partial charge in [-0.2, -0.15) is 0 Å². The first kappa shape index (κ1) is 12.9. The van der Waals surface area contributed by atoms with Crippen LogP contribution >= 0.6 is 0 Å². The third kappa shape index (κ3) is 2.82. The van der Waals surface area contributed by atoms with Gasteiger partial charge in [0.1, 0.15) is 0 Å². The molecule has 0 radical (unpaired) electrons. The summed E-state index contributed by atoms with van der Waals surface area (Å²) >= 11 is 0. The molecule has 0 aromatic rings. The first-order valence-corrected chi connectivity index (χ1v) is 7.09. The van der Waals surface area contributed by atoms with E-state index in [1.807, 2.05) is 0 Å². The molecule has 0 amide bonds. The predicted octanol–water partition coefficient (Wildman–Crippen LogP) is 2.43. The second kappa shape index (κ2) is 5.38. The minimum absolute atomic E-state index is 0.553. The molecule has 0 bridgehead atoms.